The van der Waals surface area contributed by atoms with E-state index in [1.807, 2.05) is 6.07 Å². The standard InChI is InChI=1S/C7H9ClOS2/c8-7-2-1-6(9-7)5-11-4-3-10/h1-2,10H,3-5H2. The predicted octanol–water partition coefficient (Wildman–Crippen LogP) is 3.10. The Kier molecular flexibility index (Phi) is 4.26. The van der Waals surface area contributed by atoms with Crippen molar-refractivity contribution in [1.29, 1.82) is 0 Å². The highest BCUT2D eigenvalue weighted by atomic mass is 35.5. The van der Waals surface area contributed by atoms with Crippen LogP contribution >= 0.6 is 36.0 Å². The monoisotopic (exact) mass is 208 g/mol. The van der Waals surface area contributed by atoms with Crippen molar-refractivity contribution in [2.24, 2.45) is 0 Å². The molecule has 0 aliphatic rings. The fourth-order valence-corrected chi connectivity index (χ4v) is 1.85. The summed E-state index contributed by atoms with van der Waals surface area (Å²) >= 11 is 11.5. The fraction of sp³-hybridized carbons (Fsp3) is 0.429. The lowest BCUT2D eigenvalue weighted by Crippen LogP contribution is -1.80. The molecule has 4 heteroatoms. The number of thioether (sulfide) groups is 1. The van der Waals surface area contributed by atoms with Gasteiger partial charge in [-0.2, -0.15) is 24.4 Å². The molecular formula is C7H9ClOS2. The molecule has 0 aliphatic heterocycles. The van der Waals surface area contributed by atoms with Crippen molar-refractivity contribution in [2.75, 3.05) is 11.5 Å². The molecule has 62 valence electrons. The number of thiol groups is 1. The van der Waals surface area contributed by atoms with E-state index < -0.39 is 0 Å². The van der Waals surface area contributed by atoms with E-state index in [1.54, 1.807) is 17.8 Å². The maximum Gasteiger partial charge on any atom is 0.193 e. The molecule has 1 aromatic heterocycles. The van der Waals surface area contributed by atoms with Crippen molar-refractivity contribution in [1.82, 2.24) is 0 Å². The minimum atomic E-state index is 0.464. The first-order valence-electron chi connectivity index (χ1n) is 3.26. The third kappa shape index (κ3) is 3.45. The lowest BCUT2D eigenvalue weighted by molar-refractivity contribution is 0.532. The Bertz CT molecular complexity index is 212. The summed E-state index contributed by atoms with van der Waals surface area (Å²) in [5, 5.41) is 0.464. The van der Waals surface area contributed by atoms with Crippen LogP contribution < -0.4 is 0 Å². The molecule has 0 N–H and O–H groups in total. The molecule has 0 atom stereocenters. The summed E-state index contributed by atoms with van der Waals surface area (Å²) in [6.07, 6.45) is 0. The quantitative estimate of drug-likeness (QED) is 0.604. The highest BCUT2D eigenvalue weighted by Gasteiger charge is 1.98. The van der Waals surface area contributed by atoms with Crippen LogP contribution in [0.15, 0.2) is 16.5 Å². The highest BCUT2D eigenvalue weighted by molar-refractivity contribution is 7.99. The van der Waals surface area contributed by atoms with Crippen LogP contribution in [0.3, 0.4) is 0 Å². The summed E-state index contributed by atoms with van der Waals surface area (Å²) in [6, 6.07) is 3.66. The molecule has 0 amide bonds. The van der Waals surface area contributed by atoms with Gasteiger partial charge in [0.1, 0.15) is 5.76 Å². The predicted molar refractivity (Wildman–Crippen MR) is 53.7 cm³/mol. The molecule has 11 heavy (non-hydrogen) atoms. The van der Waals surface area contributed by atoms with Crippen molar-refractivity contribution in [2.45, 2.75) is 5.75 Å². The lowest BCUT2D eigenvalue weighted by Gasteiger charge is -1.93. The van der Waals surface area contributed by atoms with Crippen LogP contribution in [-0.4, -0.2) is 11.5 Å². The van der Waals surface area contributed by atoms with Gasteiger partial charge in [-0.15, -0.1) is 0 Å². The van der Waals surface area contributed by atoms with E-state index in [0.29, 0.717) is 5.22 Å². The van der Waals surface area contributed by atoms with Gasteiger partial charge in [0.25, 0.3) is 0 Å². The van der Waals surface area contributed by atoms with Gasteiger partial charge in [0.15, 0.2) is 5.22 Å². The van der Waals surface area contributed by atoms with Crippen molar-refractivity contribution in [3.05, 3.63) is 23.1 Å². The summed E-state index contributed by atoms with van der Waals surface area (Å²) < 4.78 is 5.15. The van der Waals surface area contributed by atoms with Gasteiger partial charge in [-0.05, 0) is 29.5 Å². The van der Waals surface area contributed by atoms with Crippen LogP contribution in [0.2, 0.25) is 5.22 Å². The van der Waals surface area contributed by atoms with E-state index in [2.05, 4.69) is 12.6 Å². The number of hydrogen-bond acceptors (Lipinski definition) is 3. The molecule has 0 aromatic carbocycles. The molecule has 0 saturated heterocycles. The van der Waals surface area contributed by atoms with Crippen LogP contribution in [0.25, 0.3) is 0 Å². The zero-order chi connectivity index (χ0) is 8.10. The Morgan fingerprint density at radius 3 is 2.91 bits per heavy atom. The Labute approximate surface area is 80.9 Å². The van der Waals surface area contributed by atoms with Crippen molar-refractivity contribution in [3.8, 4) is 0 Å². The van der Waals surface area contributed by atoms with Crippen molar-refractivity contribution < 1.29 is 4.42 Å². The first-order valence-corrected chi connectivity index (χ1v) is 5.42. The molecule has 0 spiro atoms. The first-order chi connectivity index (χ1) is 5.33. The van der Waals surface area contributed by atoms with Gasteiger partial charge in [0, 0.05) is 5.75 Å². The Hall–Kier alpha value is 0.270. The zero-order valence-corrected chi connectivity index (χ0v) is 8.38. The molecule has 0 radical (unpaired) electrons. The summed E-state index contributed by atoms with van der Waals surface area (Å²) in [5.41, 5.74) is 0. The first kappa shape index (κ1) is 9.36. The van der Waals surface area contributed by atoms with E-state index in [-0.39, 0.29) is 0 Å². The second-order valence-corrected chi connectivity index (χ2v) is 3.91. The Morgan fingerprint density at radius 1 is 1.55 bits per heavy atom. The molecule has 1 rings (SSSR count). The van der Waals surface area contributed by atoms with Gasteiger partial charge < -0.3 is 4.42 Å². The number of rotatable bonds is 4. The minimum Gasteiger partial charge on any atom is -0.449 e. The van der Waals surface area contributed by atoms with Gasteiger partial charge in [-0.1, -0.05) is 0 Å². The van der Waals surface area contributed by atoms with E-state index in [9.17, 15) is 0 Å². The van der Waals surface area contributed by atoms with Gasteiger partial charge in [-0.3, -0.25) is 0 Å². The molecule has 0 fully saturated rings. The van der Waals surface area contributed by atoms with Gasteiger partial charge in [0.05, 0.1) is 5.75 Å². The molecule has 0 unspecified atom stereocenters. The SMILES string of the molecule is SCCSCc1ccc(Cl)o1. The second kappa shape index (κ2) is 5.01. The largest absolute Gasteiger partial charge is 0.449 e. The van der Waals surface area contributed by atoms with Gasteiger partial charge in [-0.25, -0.2) is 0 Å². The van der Waals surface area contributed by atoms with Gasteiger partial charge in [0.2, 0.25) is 0 Å². The maximum atomic E-state index is 5.58. The van der Waals surface area contributed by atoms with Crippen LogP contribution in [0.4, 0.5) is 0 Å². The topological polar surface area (TPSA) is 13.1 Å². The fourth-order valence-electron chi connectivity index (χ4n) is 0.667. The molecule has 0 saturated carbocycles. The number of halogens is 1. The third-order valence-electron chi connectivity index (χ3n) is 1.11. The summed E-state index contributed by atoms with van der Waals surface area (Å²) in [7, 11) is 0. The van der Waals surface area contributed by atoms with Crippen molar-refractivity contribution in [3.63, 3.8) is 0 Å². The average molecular weight is 209 g/mol. The summed E-state index contributed by atoms with van der Waals surface area (Å²) in [4.78, 5) is 0. The third-order valence-corrected chi connectivity index (χ3v) is 2.82. The maximum absolute atomic E-state index is 5.58. The lowest BCUT2D eigenvalue weighted by atomic mass is 10.5. The smallest absolute Gasteiger partial charge is 0.193 e. The summed E-state index contributed by atoms with van der Waals surface area (Å²) in [6.45, 7) is 0. The molecular weight excluding hydrogens is 200 g/mol. The summed E-state index contributed by atoms with van der Waals surface area (Å²) in [5.74, 6) is 3.76. The normalized spacial score (nSPS) is 10.4. The van der Waals surface area contributed by atoms with Crippen molar-refractivity contribution >= 4 is 36.0 Å². The zero-order valence-electron chi connectivity index (χ0n) is 5.92. The van der Waals surface area contributed by atoms with Crippen LogP contribution in [0, 0.1) is 0 Å². The molecule has 1 aromatic rings. The molecule has 1 heterocycles. The van der Waals surface area contributed by atoms with E-state index in [4.69, 9.17) is 16.0 Å². The second-order valence-electron chi connectivity index (χ2n) is 1.98. The molecule has 0 bridgehead atoms. The molecule has 1 nitrogen and oxygen atoms in total. The van der Waals surface area contributed by atoms with E-state index >= 15 is 0 Å². The number of furan rings is 1. The van der Waals surface area contributed by atoms with Crippen LogP contribution in [-0.2, 0) is 5.75 Å². The van der Waals surface area contributed by atoms with Crippen LogP contribution in [0.5, 0.6) is 0 Å². The molecule has 0 aliphatic carbocycles. The van der Waals surface area contributed by atoms with E-state index in [1.165, 1.54) is 0 Å². The number of hydrogen-bond donors (Lipinski definition) is 1. The minimum absolute atomic E-state index is 0.464. The average Bonchev–Trinajstić information content (AvgIpc) is 2.37. The Balaban J connectivity index is 2.27. The highest BCUT2D eigenvalue weighted by Crippen LogP contribution is 2.18. The Morgan fingerprint density at radius 2 is 2.36 bits per heavy atom. The van der Waals surface area contributed by atoms with Gasteiger partial charge >= 0.3 is 0 Å². The van der Waals surface area contributed by atoms with E-state index in [0.717, 1.165) is 23.0 Å². The van der Waals surface area contributed by atoms with Crippen LogP contribution in [0.1, 0.15) is 5.76 Å².